The molecule has 0 N–H and O–H groups in total. The van der Waals surface area contributed by atoms with Gasteiger partial charge in [0.25, 0.3) is 0 Å². The Morgan fingerprint density at radius 1 is 0.622 bits per heavy atom. The first-order chi connectivity index (χ1) is 17.1. The van der Waals surface area contributed by atoms with Gasteiger partial charge in [-0.1, -0.05) is 85.2 Å². The average Bonchev–Trinajstić information content (AvgIpc) is 2.80. The SMILES string of the molecule is CC1(C)CCC(C)(C)c2cc(N(c3cc(F)cc(Cl)c3)c3cccc4c3C(C)(C)CCC4(C)C)ccc21. The fourth-order valence-corrected chi connectivity index (χ4v) is 6.91. The molecule has 1 nitrogen and oxygen atoms in total. The Balaban J connectivity index is 1.82. The molecule has 0 bridgehead atoms. The number of hydrogen-bond donors (Lipinski definition) is 0. The fourth-order valence-electron chi connectivity index (χ4n) is 6.70. The lowest BCUT2D eigenvalue weighted by molar-refractivity contribution is 0.331. The Hall–Kier alpha value is -2.32. The van der Waals surface area contributed by atoms with Gasteiger partial charge in [0, 0.05) is 10.7 Å². The van der Waals surface area contributed by atoms with Crippen molar-refractivity contribution in [3.05, 3.63) is 87.7 Å². The molecule has 0 amide bonds. The minimum absolute atomic E-state index is 0.00765. The maximum atomic E-state index is 14.8. The predicted octanol–water partition coefficient (Wildman–Crippen LogP) is 10.6. The average molecular weight is 518 g/mol. The van der Waals surface area contributed by atoms with E-state index in [0.717, 1.165) is 36.3 Å². The first-order valence-electron chi connectivity index (χ1n) is 13.7. The minimum atomic E-state index is -0.323. The molecule has 0 atom stereocenters. The molecular formula is C34H41ClFN. The Kier molecular flexibility index (Phi) is 6.11. The summed E-state index contributed by atoms with van der Waals surface area (Å²) >= 11 is 6.45. The van der Waals surface area contributed by atoms with E-state index in [9.17, 15) is 4.39 Å². The van der Waals surface area contributed by atoms with E-state index in [1.54, 1.807) is 6.07 Å². The molecule has 3 aromatic carbocycles. The van der Waals surface area contributed by atoms with Crippen molar-refractivity contribution in [2.75, 3.05) is 4.90 Å². The molecule has 2 aliphatic carbocycles. The van der Waals surface area contributed by atoms with Crippen LogP contribution in [0.15, 0.2) is 54.6 Å². The van der Waals surface area contributed by atoms with Crippen molar-refractivity contribution >= 4 is 28.7 Å². The molecule has 0 fully saturated rings. The predicted molar refractivity (Wildman–Crippen MR) is 157 cm³/mol. The molecule has 3 aromatic rings. The van der Waals surface area contributed by atoms with E-state index in [2.05, 4.69) is 96.7 Å². The van der Waals surface area contributed by atoms with Crippen LogP contribution in [0.2, 0.25) is 5.02 Å². The second-order valence-electron chi connectivity index (χ2n) is 13.9. The molecule has 5 rings (SSSR count). The maximum Gasteiger partial charge on any atom is 0.126 e. The van der Waals surface area contributed by atoms with Gasteiger partial charge in [0.05, 0.1) is 11.4 Å². The zero-order valence-corrected chi connectivity index (χ0v) is 24.5. The number of nitrogens with zero attached hydrogens (tertiary/aromatic N) is 1. The van der Waals surface area contributed by atoms with Crippen LogP contribution in [0, 0.1) is 5.82 Å². The monoisotopic (exact) mass is 517 g/mol. The van der Waals surface area contributed by atoms with Crippen LogP contribution in [-0.2, 0) is 21.7 Å². The van der Waals surface area contributed by atoms with Crippen LogP contribution >= 0.6 is 11.6 Å². The first-order valence-corrected chi connectivity index (χ1v) is 14.1. The van der Waals surface area contributed by atoms with Crippen molar-refractivity contribution in [2.45, 2.75) is 103 Å². The summed E-state index contributed by atoms with van der Waals surface area (Å²) in [5.41, 5.74) is 8.74. The summed E-state index contributed by atoms with van der Waals surface area (Å²) in [5, 5.41) is 0.406. The molecule has 0 radical (unpaired) electrons. The van der Waals surface area contributed by atoms with Crippen molar-refractivity contribution < 1.29 is 4.39 Å². The zero-order valence-electron chi connectivity index (χ0n) is 23.7. The van der Waals surface area contributed by atoms with Gasteiger partial charge in [-0.3, -0.25) is 0 Å². The Morgan fingerprint density at radius 2 is 1.22 bits per heavy atom. The topological polar surface area (TPSA) is 3.24 Å². The van der Waals surface area contributed by atoms with Crippen LogP contribution in [0.4, 0.5) is 21.5 Å². The smallest absolute Gasteiger partial charge is 0.126 e. The van der Waals surface area contributed by atoms with Gasteiger partial charge >= 0.3 is 0 Å². The lowest BCUT2D eigenvalue weighted by Crippen LogP contribution is -2.35. The van der Waals surface area contributed by atoms with Gasteiger partial charge < -0.3 is 4.90 Å². The largest absolute Gasteiger partial charge is 0.310 e. The van der Waals surface area contributed by atoms with Crippen LogP contribution < -0.4 is 4.90 Å². The fraction of sp³-hybridized carbons (Fsp3) is 0.471. The number of anilines is 3. The number of halogens is 2. The van der Waals surface area contributed by atoms with Crippen LogP contribution in [0.1, 0.15) is 103 Å². The number of fused-ring (bicyclic) bond motifs is 2. The Morgan fingerprint density at radius 3 is 1.86 bits per heavy atom. The van der Waals surface area contributed by atoms with E-state index >= 15 is 0 Å². The second kappa shape index (κ2) is 8.60. The van der Waals surface area contributed by atoms with Crippen molar-refractivity contribution in [3.63, 3.8) is 0 Å². The second-order valence-corrected chi connectivity index (χ2v) is 14.4. The highest BCUT2D eigenvalue weighted by atomic mass is 35.5. The summed E-state index contributed by atoms with van der Waals surface area (Å²) < 4.78 is 14.8. The lowest BCUT2D eigenvalue weighted by Gasteiger charge is -2.45. The minimum Gasteiger partial charge on any atom is -0.310 e. The van der Waals surface area contributed by atoms with E-state index in [-0.39, 0.29) is 27.5 Å². The van der Waals surface area contributed by atoms with Crippen LogP contribution in [-0.4, -0.2) is 0 Å². The van der Waals surface area contributed by atoms with Crippen molar-refractivity contribution in [1.29, 1.82) is 0 Å². The van der Waals surface area contributed by atoms with Crippen LogP contribution in [0.25, 0.3) is 0 Å². The Bertz CT molecular complexity index is 1340. The molecule has 0 heterocycles. The quantitative estimate of drug-likeness (QED) is 0.334. The van der Waals surface area contributed by atoms with Crippen molar-refractivity contribution in [2.24, 2.45) is 0 Å². The third-order valence-electron chi connectivity index (χ3n) is 9.26. The normalized spacial score (nSPS) is 20.6. The summed E-state index contributed by atoms with van der Waals surface area (Å²) in [4.78, 5) is 2.24. The summed E-state index contributed by atoms with van der Waals surface area (Å²) in [6.45, 7) is 18.8. The van der Waals surface area contributed by atoms with E-state index in [4.69, 9.17) is 11.6 Å². The lowest BCUT2D eigenvalue weighted by atomic mass is 9.62. The Labute approximate surface area is 228 Å². The molecular weight excluding hydrogens is 477 g/mol. The van der Waals surface area contributed by atoms with Gasteiger partial charge in [0.15, 0.2) is 0 Å². The molecule has 2 aliphatic rings. The van der Waals surface area contributed by atoms with E-state index < -0.39 is 0 Å². The molecule has 0 spiro atoms. The molecule has 0 aliphatic heterocycles. The standard InChI is InChI=1S/C34H41ClFN/c1-31(2)14-15-33(5,6)28-21-24(12-13-26(28)31)37(25-19-22(35)18-23(36)20-25)29-11-9-10-27-30(29)34(7,8)17-16-32(27,3)4/h9-13,18-21H,14-17H2,1-8H3. The van der Waals surface area contributed by atoms with Crippen LogP contribution in [0.5, 0.6) is 0 Å². The summed E-state index contributed by atoms with van der Waals surface area (Å²) in [5.74, 6) is -0.323. The van der Waals surface area contributed by atoms with E-state index in [1.165, 1.54) is 34.7 Å². The van der Waals surface area contributed by atoms with E-state index in [0.29, 0.717) is 5.02 Å². The third kappa shape index (κ3) is 4.50. The number of hydrogen-bond acceptors (Lipinski definition) is 1. The molecule has 37 heavy (non-hydrogen) atoms. The summed E-state index contributed by atoms with van der Waals surface area (Å²) in [6, 6.07) is 18.4. The highest BCUT2D eigenvalue weighted by molar-refractivity contribution is 6.30. The molecule has 0 saturated heterocycles. The van der Waals surface area contributed by atoms with Crippen LogP contribution in [0.3, 0.4) is 0 Å². The van der Waals surface area contributed by atoms with Gasteiger partial charge in [0.2, 0.25) is 0 Å². The van der Waals surface area contributed by atoms with Gasteiger partial charge in [-0.2, -0.15) is 0 Å². The molecule has 0 unspecified atom stereocenters. The maximum absolute atomic E-state index is 14.8. The van der Waals surface area contributed by atoms with Gasteiger partial charge in [-0.25, -0.2) is 4.39 Å². The molecule has 196 valence electrons. The van der Waals surface area contributed by atoms with Crippen molar-refractivity contribution in [1.82, 2.24) is 0 Å². The molecule has 0 aromatic heterocycles. The number of rotatable bonds is 3. The van der Waals surface area contributed by atoms with Crippen molar-refractivity contribution in [3.8, 4) is 0 Å². The van der Waals surface area contributed by atoms with Gasteiger partial charge in [0.1, 0.15) is 5.82 Å². The zero-order chi connectivity index (χ0) is 27.0. The first kappa shape index (κ1) is 26.3. The summed E-state index contributed by atoms with van der Waals surface area (Å²) in [7, 11) is 0. The van der Waals surface area contributed by atoms with E-state index in [1.807, 2.05) is 6.07 Å². The molecule has 0 saturated carbocycles. The highest BCUT2D eigenvalue weighted by Crippen LogP contribution is 2.53. The number of benzene rings is 3. The summed E-state index contributed by atoms with van der Waals surface area (Å²) in [6.07, 6.45) is 4.56. The highest BCUT2D eigenvalue weighted by Gasteiger charge is 2.41. The van der Waals surface area contributed by atoms with Gasteiger partial charge in [-0.15, -0.1) is 0 Å². The third-order valence-corrected chi connectivity index (χ3v) is 9.48. The van der Waals surface area contributed by atoms with Gasteiger partial charge in [-0.05, 0) is 106 Å². The molecule has 3 heteroatoms.